The van der Waals surface area contributed by atoms with E-state index in [2.05, 4.69) is 15.4 Å². The molecule has 1 aliphatic heterocycles. The summed E-state index contributed by atoms with van der Waals surface area (Å²) < 4.78 is 40.3. The van der Waals surface area contributed by atoms with E-state index in [1.807, 2.05) is 0 Å². The van der Waals surface area contributed by atoms with Crippen molar-refractivity contribution in [3.05, 3.63) is 53.8 Å². The van der Waals surface area contributed by atoms with Crippen molar-refractivity contribution in [2.45, 2.75) is 18.4 Å². The van der Waals surface area contributed by atoms with Crippen LogP contribution in [0.4, 0.5) is 15.8 Å². The molecule has 0 radical (unpaired) electrons. The second-order valence-electron chi connectivity index (χ2n) is 5.86. The van der Waals surface area contributed by atoms with Crippen molar-refractivity contribution in [1.29, 1.82) is 0 Å². The number of rotatable bonds is 4. The van der Waals surface area contributed by atoms with E-state index >= 15 is 0 Å². The zero-order valence-corrected chi connectivity index (χ0v) is 14.6. The number of nitrogens with one attached hydrogen (secondary N) is 3. The first-order chi connectivity index (χ1) is 12.3. The maximum atomic E-state index is 12.9. The average Bonchev–Trinajstić information content (AvgIpc) is 2.71. The smallest absolute Gasteiger partial charge is 0.240 e. The van der Waals surface area contributed by atoms with E-state index in [0.29, 0.717) is 11.3 Å². The van der Waals surface area contributed by atoms with Crippen LogP contribution in [-0.2, 0) is 26.2 Å². The lowest BCUT2D eigenvalue weighted by Gasteiger charge is -2.11. The molecule has 0 saturated heterocycles. The Hall–Kier alpha value is -2.78. The van der Waals surface area contributed by atoms with Crippen LogP contribution in [0.3, 0.4) is 0 Å². The maximum absolute atomic E-state index is 12.9. The fraction of sp³-hybridized carbons (Fsp3) is 0.176. The van der Waals surface area contributed by atoms with Crippen molar-refractivity contribution in [2.24, 2.45) is 5.92 Å². The maximum Gasteiger partial charge on any atom is 0.240 e. The van der Waals surface area contributed by atoms with Crippen LogP contribution in [0, 0.1) is 11.7 Å². The van der Waals surface area contributed by atoms with Gasteiger partial charge >= 0.3 is 0 Å². The Morgan fingerprint density at radius 3 is 2.27 bits per heavy atom. The van der Waals surface area contributed by atoms with Gasteiger partial charge in [-0.2, -0.15) is 0 Å². The molecule has 0 fully saturated rings. The largest absolute Gasteiger partial charge is 0.324 e. The molecule has 2 aromatic rings. The Bertz CT molecular complexity index is 974. The molecule has 136 valence electrons. The molecule has 0 bridgehead atoms. The summed E-state index contributed by atoms with van der Waals surface area (Å²) in [7, 11) is -3.87. The zero-order valence-electron chi connectivity index (χ0n) is 13.7. The van der Waals surface area contributed by atoms with Crippen LogP contribution in [0.1, 0.15) is 12.5 Å². The zero-order chi connectivity index (χ0) is 18.9. The average molecular weight is 377 g/mol. The van der Waals surface area contributed by atoms with Gasteiger partial charge in [0.15, 0.2) is 0 Å². The highest BCUT2D eigenvalue weighted by molar-refractivity contribution is 7.89. The third-order valence-electron chi connectivity index (χ3n) is 3.98. The Balaban J connectivity index is 1.83. The van der Waals surface area contributed by atoms with Gasteiger partial charge in [0.05, 0.1) is 16.3 Å². The van der Waals surface area contributed by atoms with Gasteiger partial charge in [-0.05, 0) is 42.8 Å². The van der Waals surface area contributed by atoms with Crippen LogP contribution in [-0.4, -0.2) is 20.2 Å². The number of sulfonamides is 1. The van der Waals surface area contributed by atoms with Gasteiger partial charge in [-0.1, -0.05) is 12.1 Å². The summed E-state index contributed by atoms with van der Waals surface area (Å²) in [5, 5.41) is 5.11. The summed E-state index contributed by atoms with van der Waals surface area (Å²) in [4.78, 5) is 23.7. The minimum Gasteiger partial charge on any atom is -0.324 e. The van der Waals surface area contributed by atoms with Crippen molar-refractivity contribution in [3.63, 3.8) is 0 Å². The molecule has 1 atom stereocenters. The normalized spacial score (nSPS) is 17.1. The van der Waals surface area contributed by atoms with Crippen molar-refractivity contribution >= 4 is 33.2 Å². The molecule has 3 rings (SSSR count). The number of halogens is 1. The Labute approximate surface area is 149 Å². The van der Waals surface area contributed by atoms with Gasteiger partial charge in [0.25, 0.3) is 0 Å². The fourth-order valence-electron chi connectivity index (χ4n) is 2.37. The second-order valence-corrected chi connectivity index (χ2v) is 7.63. The van der Waals surface area contributed by atoms with Crippen molar-refractivity contribution in [1.82, 2.24) is 4.72 Å². The van der Waals surface area contributed by atoms with Gasteiger partial charge in [-0.15, -0.1) is 0 Å². The highest BCUT2D eigenvalue weighted by Crippen LogP contribution is 2.28. The van der Waals surface area contributed by atoms with Gasteiger partial charge < -0.3 is 10.6 Å². The molecular weight excluding hydrogens is 361 g/mol. The lowest BCUT2D eigenvalue weighted by Crippen LogP contribution is -2.28. The van der Waals surface area contributed by atoms with Gasteiger partial charge in [-0.3, -0.25) is 9.59 Å². The predicted octanol–water partition coefficient (Wildman–Crippen LogP) is 1.83. The molecule has 0 aromatic heterocycles. The number of fused-ring (bicyclic) bond motifs is 1. The van der Waals surface area contributed by atoms with Gasteiger partial charge in [0, 0.05) is 6.54 Å². The second kappa shape index (κ2) is 6.85. The summed E-state index contributed by atoms with van der Waals surface area (Å²) in [6, 6.07) is 9.46. The van der Waals surface area contributed by atoms with E-state index in [0.717, 1.165) is 0 Å². The number of carbonyl (C=O) groups is 2. The number of amides is 2. The number of hydrogen-bond donors (Lipinski definition) is 3. The van der Waals surface area contributed by atoms with Crippen LogP contribution in [0.2, 0.25) is 0 Å². The number of anilines is 2. The first-order valence-corrected chi connectivity index (χ1v) is 9.24. The Kier molecular flexibility index (Phi) is 4.75. The summed E-state index contributed by atoms with van der Waals surface area (Å²) in [5.41, 5.74) is 1.13. The molecule has 1 heterocycles. The van der Waals surface area contributed by atoms with E-state index < -0.39 is 33.6 Å². The van der Waals surface area contributed by atoms with E-state index in [4.69, 9.17) is 0 Å². The molecular formula is C17H16FN3O4S. The molecule has 26 heavy (non-hydrogen) atoms. The van der Waals surface area contributed by atoms with Gasteiger partial charge in [0.1, 0.15) is 11.7 Å². The van der Waals surface area contributed by atoms with Gasteiger partial charge in [0.2, 0.25) is 21.8 Å². The van der Waals surface area contributed by atoms with Crippen LogP contribution < -0.4 is 15.4 Å². The minimum absolute atomic E-state index is 0.0141. The van der Waals surface area contributed by atoms with Crippen molar-refractivity contribution in [3.8, 4) is 0 Å². The molecule has 2 aromatic carbocycles. The fourth-order valence-corrected chi connectivity index (χ4v) is 3.41. The van der Waals surface area contributed by atoms with E-state index in [9.17, 15) is 22.4 Å². The molecule has 2 amide bonds. The van der Waals surface area contributed by atoms with Crippen molar-refractivity contribution in [2.75, 3.05) is 10.6 Å². The highest BCUT2D eigenvalue weighted by Gasteiger charge is 2.27. The summed E-state index contributed by atoms with van der Waals surface area (Å²) in [6.45, 7) is 1.44. The van der Waals surface area contributed by atoms with E-state index in [1.54, 1.807) is 0 Å². The first-order valence-electron chi connectivity index (χ1n) is 7.76. The molecule has 0 spiro atoms. The number of carbonyl (C=O) groups excluding carboxylic acids is 2. The number of benzene rings is 2. The SMILES string of the molecule is CC1C(=O)Nc2ccc(S(=O)(=O)NCc3ccc(F)cc3)cc2NC1=O. The first kappa shape index (κ1) is 18.0. The van der Waals surface area contributed by atoms with Crippen LogP contribution in [0.5, 0.6) is 0 Å². The lowest BCUT2D eigenvalue weighted by atomic mass is 10.1. The van der Waals surface area contributed by atoms with E-state index in [1.165, 1.54) is 49.4 Å². The monoisotopic (exact) mass is 377 g/mol. The number of hydrogen-bond acceptors (Lipinski definition) is 4. The van der Waals surface area contributed by atoms with Crippen LogP contribution in [0.25, 0.3) is 0 Å². The third-order valence-corrected chi connectivity index (χ3v) is 5.38. The topological polar surface area (TPSA) is 104 Å². The van der Waals surface area contributed by atoms with Crippen LogP contribution in [0.15, 0.2) is 47.4 Å². The van der Waals surface area contributed by atoms with Crippen molar-refractivity contribution < 1.29 is 22.4 Å². The molecule has 3 N–H and O–H groups in total. The standard InChI is InChI=1S/C17H16FN3O4S/c1-10-16(22)20-14-7-6-13(8-15(14)21-17(10)23)26(24,25)19-9-11-2-4-12(18)5-3-11/h2-8,10,19H,9H2,1H3,(H,20,22)(H,21,23). The summed E-state index contributed by atoms with van der Waals surface area (Å²) >= 11 is 0. The molecule has 0 aliphatic carbocycles. The Morgan fingerprint density at radius 1 is 1.00 bits per heavy atom. The molecule has 0 saturated carbocycles. The van der Waals surface area contributed by atoms with Gasteiger partial charge in [-0.25, -0.2) is 17.5 Å². The summed E-state index contributed by atoms with van der Waals surface area (Å²) in [5.74, 6) is -2.28. The van der Waals surface area contributed by atoms with E-state index in [-0.39, 0.29) is 17.1 Å². The quantitative estimate of drug-likeness (QED) is 0.707. The molecule has 9 heteroatoms. The Morgan fingerprint density at radius 2 is 1.62 bits per heavy atom. The molecule has 1 aliphatic rings. The summed E-state index contributed by atoms with van der Waals surface area (Å²) in [6.07, 6.45) is 0. The third kappa shape index (κ3) is 3.73. The predicted molar refractivity (Wildman–Crippen MR) is 93.3 cm³/mol. The molecule has 7 nitrogen and oxygen atoms in total. The minimum atomic E-state index is -3.87. The highest BCUT2D eigenvalue weighted by atomic mass is 32.2. The van der Waals surface area contributed by atoms with Crippen LogP contribution >= 0.6 is 0 Å². The molecule has 1 unspecified atom stereocenters. The lowest BCUT2D eigenvalue weighted by molar-refractivity contribution is -0.128.